The Balaban J connectivity index is 2.92. The Morgan fingerprint density at radius 2 is 2.36 bits per heavy atom. The fraction of sp³-hybridized carbons (Fsp3) is 0.125. The first-order valence-corrected chi connectivity index (χ1v) is 3.21. The van der Waals surface area contributed by atoms with Gasteiger partial charge in [0.25, 0.3) is 5.91 Å². The maximum atomic E-state index is 10.7. The molecule has 0 unspecified atom stereocenters. The lowest BCUT2D eigenvalue weighted by Gasteiger charge is -2.12. The Kier molecular flexibility index (Phi) is 2.11. The molecule has 1 rings (SSSR count). The van der Waals surface area contributed by atoms with Crippen molar-refractivity contribution >= 4 is 5.91 Å². The van der Waals surface area contributed by atoms with Crippen LogP contribution in [0.4, 0.5) is 0 Å². The third-order valence-electron chi connectivity index (χ3n) is 1.32. The highest BCUT2D eigenvalue weighted by atomic mass is 16.1. The van der Waals surface area contributed by atoms with Crippen molar-refractivity contribution in [1.29, 1.82) is 0 Å². The van der Waals surface area contributed by atoms with Crippen molar-refractivity contribution in [1.82, 2.24) is 4.90 Å². The molecule has 0 bridgehead atoms. The Hall–Kier alpha value is -1.51. The van der Waals surface area contributed by atoms with Crippen molar-refractivity contribution in [2.24, 2.45) is 5.73 Å². The second-order valence-electron chi connectivity index (χ2n) is 2.17. The van der Waals surface area contributed by atoms with Gasteiger partial charge >= 0.3 is 0 Å². The van der Waals surface area contributed by atoms with Crippen LogP contribution in [0, 0.1) is 6.08 Å². The summed E-state index contributed by atoms with van der Waals surface area (Å²) in [5, 5.41) is 0. The number of rotatable bonds is 1. The van der Waals surface area contributed by atoms with E-state index >= 15 is 0 Å². The summed E-state index contributed by atoms with van der Waals surface area (Å²) >= 11 is 0. The van der Waals surface area contributed by atoms with Gasteiger partial charge in [0.2, 0.25) is 0 Å². The average molecular weight is 149 g/mol. The van der Waals surface area contributed by atoms with Crippen molar-refractivity contribution in [2.45, 2.75) is 0 Å². The average Bonchev–Trinajstić information content (AvgIpc) is 2.13. The van der Waals surface area contributed by atoms with Gasteiger partial charge in [0.05, 0.1) is 0 Å². The molecule has 57 valence electrons. The Morgan fingerprint density at radius 3 is 3.00 bits per heavy atom. The first-order chi connectivity index (χ1) is 5.22. The predicted molar refractivity (Wildman–Crippen MR) is 42.0 cm³/mol. The van der Waals surface area contributed by atoms with Crippen LogP contribution in [0.15, 0.2) is 30.1 Å². The van der Waals surface area contributed by atoms with Crippen LogP contribution in [0.5, 0.6) is 0 Å². The maximum absolute atomic E-state index is 10.7. The fourth-order valence-electron chi connectivity index (χ4n) is 0.783. The highest BCUT2D eigenvalue weighted by Crippen LogP contribution is 2.03. The van der Waals surface area contributed by atoms with E-state index in [4.69, 9.17) is 5.73 Å². The van der Waals surface area contributed by atoms with Gasteiger partial charge in [-0.25, -0.2) is 0 Å². The number of hydrogen-bond donors (Lipinski definition) is 1. The van der Waals surface area contributed by atoms with E-state index < -0.39 is 5.91 Å². The number of amides is 1. The van der Waals surface area contributed by atoms with Gasteiger partial charge in [-0.2, -0.15) is 0 Å². The van der Waals surface area contributed by atoms with Crippen molar-refractivity contribution < 1.29 is 4.79 Å². The summed E-state index contributed by atoms with van der Waals surface area (Å²) in [5.41, 5.74) is 5.45. The Morgan fingerprint density at radius 1 is 1.64 bits per heavy atom. The van der Waals surface area contributed by atoms with Crippen LogP contribution < -0.4 is 5.73 Å². The molecule has 0 aromatic carbocycles. The summed E-state index contributed by atoms with van der Waals surface area (Å²) in [5.74, 6) is -0.469. The summed E-state index contributed by atoms with van der Waals surface area (Å²) in [7, 11) is 1.75. The molecule has 0 atom stereocenters. The monoisotopic (exact) mass is 149 g/mol. The van der Waals surface area contributed by atoms with Gasteiger partial charge in [-0.15, -0.1) is 0 Å². The van der Waals surface area contributed by atoms with E-state index in [0.29, 0.717) is 5.70 Å². The zero-order valence-corrected chi connectivity index (χ0v) is 6.24. The number of carbonyl (C=O) groups is 1. The summed E-state index contributed by atoms with van der Waals surface area (Å²) in [6, 6.07) is 0. The van der Waals surface area contributed by atoms with Crippen molar-refractivity contribution in [2.75, 3.05) is 7.05 Å². The van der Waals surface area contributed by atoms with E-state index in [-0.39, 0.29) is 0 Å². The van der Waals surface area contributed by atoms with Crippen molar-refractivity contribution in [3.8, 4) is 0 Å². The Bertz CT molecular complexity index is 251. The van der Waals surface area contributed by atoms with Crippen LogP contribution in [-0.4, -0.2) is 17.9 Å². The number of nitrogens with two attached hydrogens (primary N) is 1. The summed E-state index contributed by atoms with van der Waals surface area (Å²) in [6.45, 7) is 0. The zero-order valence-electron chi connectivity index (χ0n) is 6.24. The molecular weight excluding hydrogens is 140 g/mol. The van der Waals surface area contributed by atoms with E-state index in [1.54, 1.807) is 30.3 Å². The fourth-order valence-corrected chi connectivity index (χ4v) is 0.783. The second-order valence-corrected chi connectivity index (χ2v) is 2.17. The van der Waals surface area contributed by atoms with E-state index in [9.17, 15) is 4.79 Å². The van der Waals surface area contributed by atoms with Crippen molar-refractivity contribution in [3.63, 3.8) is 0 Å². The van der Waals surface area contributed by atoms with Gasteiger partial charge in [-0.1, -0.05) is 12.2 Å². The molecule has 0 saturated heterocycles. The minimum atomic E-state index is -0.469. The summed E-state index contributed by atoms with van der Waals surface area (Å²) in [6.07, 6.45) is 9.75. The quantitative estimate of drug-likeness (QED) is 0.577. The second kappa shape index (κ2) is 3.05. The number of nitrogens with zero attached hydrogens (tertiary/aromatic N) is 1. The van der Waals surface area contributed by atoms with Crippen LogP contribution in [0.2, 0.25) is 0 Å². The Labute approximate surface area is 65.5 Å². The summed E-state index contributed by atoms with van der Waals surface area (Å²) < 4.78 is 0. The first kappa shape index (κ1) is 7.60. The predicted octanol–water partition coefficient (Wildman–Crippen LogP) is 0.174. The van der Waals surface area contributed by atoms with Gasteiger partial charge < -0.3 is 10.6 Å². The molecule has 0 aliphatic carbocycles. The van der Waals surface area contributed by atoms with Crippen LogP contribution in [-0.2, 0) is 4.79 Å². The molecule has 0 spiro atoms. The van der Waals surface area contributed by atoms with Crippen molar-refractivity contribution in [3.05, 3.63) is 36.2 Å². The topological polar surface area (TPSA) is 46.3 Å². The summed E-state index contributed by atoms with van der Waals surface area (Å²) in [4.78, 5) is 12.4. The smallest absolute Gasteiger partial charge is 0.265 e. The number of primary amides is 1. The largest absolute Gasteiger partial charge is 0.364 e. The highest BCUT2D eigenvalue weighted by Gasteiger charge is 2.07. The molecular formula is C8H9N2O. The SMILES string of the molecule is CN1C=CC=C[C]=C1C(N)=O. The number of likely N-dealkylation sites (N-methyl/N-ethyl adjacent to an activating group) is 1. The number of carbonyl (C=O) groups excluding carboxylic acids is 1. The number of allylic oxidation sites excluding steroid dienone is 4. The van der Waals surface area contributed by atoms with Crippen LogP contribution in [0.3, 0.4) is 0 Å². The normalized spacial score (nSPS) is 16.1. The molecule has 1 radical (unpaired) electrons. The molecule has 0 saturated carbocycles. The van der Waals surface area contributed by atoms with E-state index in [0.717, 1.165) is 0 Å². The van der Waals surface area contributed by atoms with E-state index in [2.05, 4.69) is 6.08 Å². The molecule has 2 N–H and O–H groups in total. The molecule has 1 aliphatic rings. The molecule has 3 heteroatoms. The van der Waals surface area contributed by atoms with Crippen LogP contribution >= 0.6 is 0 Å². The van der Waals surface area contributed by atoms with Gasteiger partial charge in [0, 0.05) is 19.3 Å². The van der Waals surface area contributed by atoms with E-state index in [1.165, 1.54) is 0 Å². The standard InChI is InChI=1S/C8H9N2O/c1-10-6-4-2-3-5-7(10)8(9)11/h2-4,6H,1H3,(H2,9,11). The zero-order chi connectivity index (χ0) is 8.27. The molecule has 11 heavy (non-hydrogen) atoms. The van der Waals surface area contributed by atoms with Gasteiger partial charge in [0.1, 0.15) is 5.70 Å². The molecule has 0 fully saturated rings. The third kappa shape index (κ3) is 1.70. The lowest BCUT2D eigenvalue weighted by molar-refractivity contribution is -0.115. The molecule has 1 amide bonds. The highest BCUT2D eigenvalue weighted by molar-refractivity contribution is 5.91. The lowest BCUT2D eigenvalue weighted by atomic mass is 10.3. The van der Waals surface area contributed by atoms with E-state index in [1.807, 2.05) is 6.08 Å². The first-order valence-electron chi connectivity index (χ1n) is 3.21. The molecule has 0 aromatic rings. The van der Waals surface area contributed by atoms with Crippen LogP contribution in [0.25, 0.3) is 0 Å². The third-order valence-corrected chi connectivity index (χ3v) is 1.32. The molecule has 3 nitrogen and oxygen atoms in total. The van der Waals surface area contributed by atoms with Gasteiger partial charge in [-0.05, 0) is 6.08 Å². The maximum Gasteiger partial charge on any atom is 0.265 e. The number of hydrogen-bond acceptors (Lipinski definition) is 2. The van der Waals surface area contributed by atoms with Gasteiger partial charge in [-0.3, -0.25) is 4.79 Å². The lowest BCUT2D eigenvalue weighted by Crippen LogP contribution is -2.24. The minimum absolute atomic E-state index is 0.370. The molecule has 1 aliphatic heterocycles. The minimum Gasteiger partial charge on any atom is -0.364 e. The molecule has 0 aromatic heterocycles. The van der Waals surface area contributed by atoms with Gasteiger partial charge in [0.15, 0.2) is 0 Å². The molecule has 1 heterocycles. The van der Waals surface area contributed by atoms with Crippen LogP contribution in [0.1, 0.15) is 0 Å².